The van der Waals surface area contributed by atoms with E-state index >= 15 is 0 Å². The number of nitrogens with zero attached hydrogens (tertiary/aromatic N) is 1. The van der Waals surface area contributed by atoms with Gasteiger partial charge in [-0.3, -0.25) is 9.52 Å². The summed E-state index contributed by atoms with van der Waals surface area (Å²) in [6, 6.07) is 1.42. The number of sulfonamides is 1. The van der Waals surface area contributed by atoms with Crippen molar-refractivity contribution in [3.8, 4) is 0 Å². The zero-order chi connectivity index (χ0) is 16.3. The first-order valence-electron chi connectivity index (χ1n) is 5.90. The summed E-state index contributed by atoms with van der Waals surface area (Å²) in [5, 5.41) is 0.181. The van der Waals surface area contributed by atoms with Gasteiger partial charge in [-0.2, -0.15) is 0 Å². The fraction of sp³-hybridized carbons (Fsp3) is 0.273. The van der Waals surface area contributed by atoms with Crippen LogP contribution >= 0.6 is 50.2 Å². The molecule has 0 fully saturated rings. The molecule has 6 nitrogen and oxygen atoms in total. The Morgan fingerprint density at radius 1 is 1.50 bits per heavy atom. The van der Waals surface area contributed by atoms with Gasteiger partial charge in [-0.15, -0.1) is 22.7 Å². The number of aromatic nitrogens is 1. The van der Waals surface area contributed by atoms with Crippen molar-refractivity contribution in [2.45, 2.75) is 17.6 Å². The Morgan fingerprint density at radius 3 is 2.82 bits per heavy atom. The topological polar surface area (TPSA) is 85.4 Å². The molecule has 120 valence electrons. The highest BCUT2D eigenvalue weighted by Crippen LogP contribution is 2.35. The van der Waals surface area contributed by atoms with Gasteiger partial charge >= 0.3 is 5.97 Å². The second-order valence-electron chi connectivity index (χ2n) is 3.91. The van der Waals surface area contributed by atoms with Gasteiger partial charge in [-0.25, -0.2) is 13.4 Å². The number of hydrogen-bond donors (Lipinski definition) is 1. The Bertz CT molecular complexity index is 768. The highest BCUT2D eigenvalue weighted by atomic mass is 79.9. The number of halogens is 2. The van der Waals surface area contributed by atoms with Gasteiger partial charge in [0.25, 0.3) is 10.0 Å². The molecule has 0 atom stereocenters. The van der Waals surface area contributed by atoms with Crippen LogP contribution in [0.15, 0.2) is 20.9 Å². The van der Waals surface area contributed by atoms with Gasteiger partial charge in [-0.1, -0.05) is 11.6 Å². The van der Waals surface area contributed by atoms with E-state index in [-0.39, 0.29) is 21.7 Å². The molecule has 22 heavy (non-hydrogen) atoms. The van der Waals surface area contributed by atoms with Crippen LogP contribution in [-0.4, -0.2) is 26.0 Å². The minimum absolute atomic E-state index is 0.0591. The number of carbonyl (C=O) groups excluding carboxylic acids is 1. The SMILES string of the molecule is CCOC(=O)Cc1cnc(NS(=O)(=O)c2cc(Br)c(Cl)s2)s1. The molecule has 0 aliphatic heterocycles. The number of nitrogens with one attached hydrogen (secondary N) is 1. The zero-order valence-electron chi connectivity index (χ0n) is 11.1. The van der Waals surface area contributed by atoms with E-state index in [0.29, 0.717) is 20.3 Å². The van der Waals surface area contributed by atoms with Gasteiger partial charge in [0.05, 0.1) is 13.0 Å². The molecule has 0 unspecified atom stereocenters. The quantitative estimate of drug-likeness (QED) is 0.688. The molecular formula is C11H10BrClN2O4S3. The van der Waals surface area contributed by atoms with E-state index in [2.05, 4.69) is 25.6 Å². The summed E-state index contributed by atoms with van der Waals surface area (Å²) >= 11 is 11.0. The average Bonchev–Trinajstić information content (AvgIpc) is 2.97. The molecule has 0 aromatic carbocycles. The lowest BCUT2D eigenvalue weighted by Gasteiger charge is -2.01. The lowest BCUT2D eigenvalue weighted by atomic mass is 10.4. The molecule has 2 aromatic heterocycles. The molecule has 0 saturated carbocycles. The van der Waals surface area contributed by atoms with E-state index in [1.54, 1.807) is 6.92 Å². The highest BCUT2D eigenvalue weighted by Gasteiger charge is 2.21. The number of anilines is 1. The number of carbonyl (C=O) groups is 1. The monoisotopic (exact) mass is 444 g/mol. The second kappa shape index (κ2) is 7.26. The number of ether oxygens (including phenoxy) is 1. The molecule has 1 N–H and O–H groups in total. The summed E-state index contributed by atoms with van der Waals surface area (Å²) < 4.78 is 32.5. The molecule has 0 aliphatic carbocycles. The van der Waals surface area contributed by atoms with Crippen LogP contribution in [0.1, 0.15) is 11.8 Å². The Labute approximate surface area is 148 Å². The molecule has 0 radical (unpaired) electrons. The summed E-state index contributed by atoms with van der Waals surface area (Å²) in [4.78, 5) is 15.9. The van der Waals surface area contributed by atoms with E-state index in [9.17, 15) is 13.2 Å². The molecule has 2 aromatic rings. The first-order chi connectivity index (χ1) is 10.3. The number of thiophene rings is 1. The summed E-state index contributed by atoms with van der Waals surface area (Å²) in [6.07, 6.45) is 1.50. The van der Waals surface area contributed by atoms with Gasteiger partial charge in [0.15, 0.2) is 5.13 Å². The van der Waals surface area contributed by atoms with Crippen LogP contribution in [0, 0.1) is 0 Å². The van der Waals surface area contributed by atoms with Crippen molar-refractivity contribution >= 4 is 71.3 Å². The number of esters is 1. The molecule has 0 spiro atoms. The normalized spacial score (nSPS) is 11.4. The van der Waals surface area contributed by atoms with Crippen molar-refractivity contribution in [2.24, 2.45) is 0 Å². The van der Waals surface area contributed by atoms with E-state index in [4.69, 9.17) is 16.3 Å². The average molecular weight is 446 g/mol. The maximum absolute atomic E-state index is 12.2. The maximum Gasteiger partial charge on any atom is 0.311 e. The highest BCUT2D eigenvalue weighted by molar-refractivity contribution is 9.10. The Balaban J connectivity index is 2.10. The molecule has 0 bridgehead atoms. The van der Waals surface area contributed by atoms with Crippen LogP contribution < -0.4 is 4.72 Å². The number of thiazole rings is 1. The van der Waals surface area contributed by atoms with Crippen molar-refractivity contribution in [3.05, 3.63) is 25.9 Å². The molecule has 0 saturated heterocycles. The van der Waals surface area contributed by atoms with E-state index < -0.39 is 10.0 Å². The van der Waals surface area contributed by atoms with Crippen LogP contribution in [0.5, 0.6) is 0 Å². The van der Waals surface area contributed by atoms with E-state index in [1.165, 1.54) is 12.3 Å². The minimum atomic E-state index is -3.75. The summed E-state index contributed by atoms with van der Waals surface area (Å²) in [5.74, 6) is -0.380. The Kier molecular flexibility index (Phi) is 5.83. The standard InChI is InChI=1S/C11H10BrClN2O4S3/c1-2-19-8(16)3-6-5-14-11(20-6)15-22(17,18)9-4-7(12)10(13)21-9/h4-5H,2-3H2,1H3,(H,14,15). The van der Waals surface area contributed by atoms with Crippen LogP contribution in [-0.2, 0) is 26.0 Å². The second-order valence-corrected chi connectivity index (χ2v) is 9.44. The summed E-state index contributed by atoms with van der Waals surface area (Å²) in [6.45, 7) is 2.01. The van der Waals surface area contributed by atoms with Gasteiger partial charge in [0, 0.05) is 15.5 Å². The predicted octanol–water partition coefficient (Wildman–Crippen LogP) is 3.53. The van der Waals surface area contributed by atoms with Crippen molar-refractivity contribution < 1.29 is 17.9 Å². The van der Waals surface area contributed by atoms with Crippen LogP contribution in [0.4, 0.5) is 5.13 Å². The van der Waals surface area contributed by atoms with E-state index in [1.807, 2.05) is 0 Å². The number of rotatable bonds is 6. The lowest BCUT2D eigenvalue weighted by molar-refractivity contribution is -0.142. The maximum atomic E-state index is 12.2. The van der Waals surface area contributed by atoms with Gasteiger partial charge < -0.3 is 4.74 Å². The first kappa shape index (κ1) is 17.7. The van der Waals surface area contributed by atoms with Crippen molar-refractivity contribution in [1.82, 2.24) is 4.98 Å². The molecule has 2 heterocycles. The van der Waals surface area contributed by atoms with Crippen molar-refractivity contribution in [2.75, 3.05) is 11.3 Å². The molecule has 2 rings (SSSR count). The fourth-order valence-corrected chi connectivity index (χ4v) is 5.76. The van der Waals surface area contributed by atoms with Gasteiger partial charge in [-0.05, 0) is 28.9 Å². The number of hydrogen-bond acceptors (Lipinski definition) is 7. The summed E-state index contributed by atoms with van der Waals surface area (Å²) in [5.41, 5.74) is 0. The molecule has 0 amide bonds. The minimum Gasteiger partial charge on any atom is -0.466 e. The van der Waals surface area contributed by atoms with Crippen molar-refractivity contribution in [1.29, 1.82) is 0 Å². The van der Waals surface area contributed by atoms with Crippen LogP contribution in [0.2, 0.25) is 4.34 Å². The fourth-order valence-electron chi connectivity index (χ4n) is 1.42. The molecule has 11 heteroatoms. The van der Waals surface area contributed by atoms with Crippen LogP contribution in [0.25, 0.3) is 0 Å². The molecular weight excluding hydrogens is 436 g/mol. The smallest absolute Gasteiger partial charge is 0.311 e. The van der Waals surface area contributed by atoms with Crippen LogP contribution in [0.3, 0.4) is 0 Å². The zero-order valence-corrected chi connectivity index (χ0v) is 15.9. The third-order valence-electron chi connectivity index (χ3n) is 2.29. The molecule has 0 aliphatic rings. The third kappa shape index (κ3) is 4.42. The van der Waals surface area contributed by atoms with Gasteiger partial charge in [0.1, 0.15) is 8.55 Å². The third-order valence-corrected chi connectivity index (χ3v) is 7.62. The Morgan fingerprint density at radius 2 is 2.23 bits per heavy atom. The van der Waals surface area contributed by atoms with Gasteiger partial charge in [0.2, 0.25) is 0 Å². The lowest BCUT2D eigenvalue weighted by Crippen LogP contribution is -2.11. The summed E-state index contributed by atoms with van der Waals surface area (Å²) in [7, 11) is -3.75. The Hall–Kier alpha value is -0.680. The first-order valence-corrected chi connectivity index (χ1v) is 10.2. The predicted molar refractivity (Wildman–Crippen MR) is 90.3 cm³/mol. The van der Waals surface area contributed by atoms with Crippen molar-refractivity contribution in [3.63, 3.8) is 0 Å². The largest absolute Gasteiger partial charge is 0.466 e. The van der Waals surface area contributed by atoms with E-state index in [0.717, 1.165) is 22.7 Å².